The lowest BCUT2D eigenvalue weighted by atomic mass is 10.1. The number of benzene rings is 2. The number of ether oxygens (including phenoxy) is 4. The van der Waals surface area contributed by atoms with Crippen LogP contribution >= 0.6 is 0 Å². The summed E-state index contributed by atoms with van der Waals surface area (Å²) in [5.41, 5.74) is 0.658. The summed E-state index contributed by atoms with van der Waals surface area (Å²) in [4.78, 5) is 38.0. The van der Waals surface area contributed by atoms with E-state index < -0.39 is 23.4 Å². The van der Waals surface area contributed by atoms with E-state index in [1.54, 1.807) is 6.07 Å². The molecule has 2 aromatic carbocycles. The van der Waals surface area contributed by atoms with E-state index >= 15 is 0 Å². The molecule has 1 saturated heterocycles. The van der Waals surface area contributed by atoms with Gasteiger partial charge >= 0.3 is 5.97 Å². The van der Waals surface area contributed by atoms with E-state index in [1.165, 1.54) is 45.6 Å². The predicted octanol–water partition coefficient (Wildman–Crippen LogP) is 3.80. The minimum Gasteiger partial charge on any atom is -0.493 e. The van der Waals surface area contributed by atoms with Crippen molar-refractivity contribution in [2.45, 2.75) is 25.7 Å². The highest BCUT2D eigenvalue weighted by molar-refractivity contribution is 5.96. The van der Waals surface area contributed by atoms with Gasteiger partial charge in [-0.25, -0.2) is 4.79 Å². The molecule has 0 bridgehead atoms. The first-order valence-corrected chi connectivity index (χ1v) is 11.2. The van der Waals surface area contributed by atoms with Crippen LogP contribution in [0.25, 0.3) is 0 Å². The van der Waals surface area contributed by atoms with Gasteiger partial charge in [-0.2, -0.15) is 0 Å². The van der Waals surface area contributed by atoms with Crippen molar-refractivity contribution >= 4 is 28.9 Å². The van der Waals surface area contributed by atoms with Gasteiger partial charge in [-0.15, -0.1) is 0 Å². The third-order valence-electron chi connectivity index (χ3n) is 5.64. The molecule has 1 fully saturated rings. The number of nitrogens with zero attached hydrogens (tertiary/aromatic N) is 2. The second kappa shape index (κ2) is 11.9. The Hall–Kier alpha value is -4.02. The van der Waals surface area contributed by atoms with E-state index in [1.807, 2.05) is 4.90 Å². The molecule has 1 aliphatic rings. The Labute approximate surface area is 203 Å². The second-order valence-corrected chi connectivity index (χ2v) is 7.90. The third kappa shape index (κ3) is 6.31. The molecule has 1 heterocycles. The van der Waals surface area contributed by atoms with Crippen molar-refractivity contribution in [3.05, 3.63) is 46.0 Å². The van der Waals surface area contributed by atoms with Gasteiger partial charge in [-0.3, -0.25) is 14.9 Å². The monoisotopic (exact) mass is 487 g/mol. The number of carbonyl (C=O) groups excluding carboxylic acids is 2. The van der Waals surface area contributed by atoms with Crippen molar-refractivity contribution in [2.24, 2.45) is 0 Å². The fourth-order valence-corrected chi connectivity index (χ4v) is 3.94. The summed E-state index contributed by atoms with van der Waals surface area (Å²) in [7, 11) is 4.35. The molecule has 188 valence electrons. The summed E-state index contributed by atoms with van der Waals surface area (Å²) in [6, 6.07) is 7.31. The van der Waals surface area contributed by atoms with Crippen LogP contribution in [0.15, 0.2) is 30.3 Å². The zero-order valence-corrected chi connectivity index (χ0v) is 20.0. The summed E-state index contributed by atoms with van der Waals surface area (Å²) in [5, 5.41) is 14.3. The van der Waals surface area contributed by atoms with Gasteiger partial charge in [0.25, 0.3) is 11.6 Å². The van der Waals surface area contributed by atoms with Crippen molar-refractivity contribution in [1.29, 1.82) is 0 Å². The van der Waals surface area contributed by atoms with Crippen LogP contribution in [0, 0.1) is 10.1 Å². The molecule has 35 heavy (non-hydrogen) atoms. The summed E-state index contributed by atoms with van der Waals surface area (Å²) in [5.74, 6) is -0.393. The van der Waals surface area contributed by atoms with E-state index in [0.717, 1.165) is 38.8 Å². The topological polar surface area (TPSA) is 129 Å². The van der Waals surface area contributed by atoms with Crippen LogP contribution < -0.4 is 24.4 Å². The Balaban J connectivity index is 1.67. The molecule has 0 aromatic heterocycles. The highest BCUT2D eigenvalue weighted by atomic mass is 16.6. The number of carbonyl (C=O) groups is 2. The highest BCUT2D eigenvalue weighted by Gasteiger charge is 2.23. The smallest absolute Gasteiger partial charge is 0.338 e. The zero-order chi connectivity index (χ0) is 25.4. The number of amides is 1. The van der Waals surface area contributed by atoms with Gasteiger partial charge in [0.15, 0.2) is 18.1 Å². The molecule has 0 unspecified atom stereocenters. The molecule has 0 atom stereocenters. The van der Waals surface area contributed by atoms with Crippen molar-refractivity contribution < 1.29 is 33.5 Å². The summed E-state index contributed by atoms with van der Waals surface area (Å²) >= 11 is 0. The van der Waals surface area contributed by atoms with E-state index in [2.05, 4.69) is 5.32 Å². The highest BCUT2D eigenvalue weighted by Crippen LogP contribution is 2.40. The Morgan fingerprint density at radius 3 is 2.14 bits per heavy atom. The van der Waals surface area contributed by atoms with Gasteiger partial charge in [0.1, 0.15) is 5.69 Å². The predicted molar refractivity (Wildman–Crippen MR) is 129 cm³/mol. The molecule has 0 aliphatic carbocycles. The number of nitrogens with one attached hydrogen (secondary N) is 1. The Morgan fingerprint density at radius 2 is 1.60 bits per heavy atom. The largest absolute Gasteiger partial charge is 0.493 e. The van der Waals surface area contributed by atoms with Crippen molar-refractivity contribution in [3.63, 3.8) is 0 Å². The van der Waals surface area contributed by atoms with E-state index in [-0.39, 0.29) is 11.3 Å². The van der Waals surface area contributed by atoms with Crippen LogP contribution in [0.2, 0.25) is 0 Å². The second-order valence-electron chi connectivity index (χ2n) is 7.90. The quantitative estimate of drug-likeness (QED) is 0.319. The molecule has 0 spiro atoms. The molecular weight excluding hydrogens is 458 g/mol. The van der Waals surface area contributed by atoms with E-state index in [4.69, 9.17) is 18.9 Å². The maximum Gasteiger partial charge on any atom is 0.338 e. The van der Waals surface area contributed by atoms with Gasteiger partial charge in [0.2, 0.25) is 5.75 Å². The van der Waals surface area contributed by atoms with Crippen LogP contribution in [-0.2, 0) is 9.53 Å². The lowest BCUT2D eigenvalue weighted by Gasteiger charge is -2.22. The number of hydrogen-bond acceptors (Lipinski definition) is 9. The van der Waals surface area contributed by atoms with Crippen molar-refractivity contribution in [3.8, 4) is 17.2 Å². The number of esters is 1. The van der Waals surface area contributed by atoms with Gasteiger partial charge < -0.3 is 29.2 Å². The zero-order valence-electron chi connectivity index (χ0n) is 20.0. The number of nitro benzene ring substituents is 1. The molecule has 0 saturated carbocycles. The van der Waals surface area contributed by atoms with Crippen LogP contribution in [-0.4, -0.2) is 57.8 Å². The van der Waals surface area contributed by atoms with Gasteiger partial charge in [0.05, 0.1) is 31.8 Å². The van der Waals surface area contributed by atoms with Gasteiger partial charge in [-0.05, 0) is 25.0 Å². The van der Waals surface area contributed by atoms with E-state index in [9.17, 15) is 19.7 Å². The number of hydrogen-bond donors (Lipinski definition) is 1. The van der Waals surface area contributed by atoms with E-state index in [0.29, 0.717) is 28.6 Å². The molecule has 11 nitrogen and oxygen atoms in total. The number of anilines is 2. The van der Waals surface area contributed by atoms with Crippen LogP contribution in [0.4, 0.5) is 17.1 Å². The first kappa shape index (κ1) is 25.6. The molecule has 1 aliphatic heterocycles. The van der Waals surface area contributed by atoms with Crippen LogP contribution in [0.3, 0.4) is 0 Å². The number of methoxy groups -OCH3 is 3. The lowest BCUT2D eigenvalue weighted by molar-refractivity contribution is -0.384. The molecule has 0 radical (unpaired) electrons. The Morgan fingerprint density at radius 1 is 0.971 bits per heavy atom. The standard InChI is InChI=1S/C24H29N3O8/c1-32-20-13-17(14-21(33-2)23(20)34-3)25-22(28)15-35-24(29)16-8-9-18(19(12-16)27(30)31)26-10-6-4-5-7-11-26/h8-9,12-14H,4-7,10-11,15H2,1-3H3,(H,25,28). The van der Waals surface area contributed by atoms with Crippen molar-refractivity contribution in [2.75, 3.05) is 51.2 Å². The summed E-state index contributed by atoms with van der Waals surface area (Å²) < 4.78 is 20.8. The summed E-state index contributed by atoms with van der Waals surface area (Å²) in [6.45, 7) is 0.870. The molecule has 1 N–H and O–H groups in total. The minimum absolute atomic E-state index is 0.00384. The van der Waals surface area contributed by atoms with Gasteiger partial charge in [0, 0.05) is 37.0 Å². The lowest BCUT2D eigenvalue weighted by Crippen LogP contribution is -2.25. The fourth-order valence-electron chi connectivity index (χ4n) is 3.94. The number of rotatable bonds is 9. The molecular formula is C24H29N3O8. The third-order valence-corrected chi connectivity index (χ3v) is 5.64. The number of nitro groups is 1. The fraction of sp³-hybridized carbons (Fsp3) is 0.417. The Bertz CT molecular complexity index is 1060. The van der Waals surface area contributed by atoms with Crippen LogP contribution in [0.1, 0.15) is 36.0 Å². The molecule has 11 heteroatoms. The van der Waals surface area contributed by atoms with Crippen LogP contribution in [0.5, 0.6) is 17.2 Å². The molecule has 2 aromatic rings. The minimum atomic E-state index is -0.837. The van der Waals surface area contributed by atoms with Gasteiger partial charge in [-0.1, -0.05) is 12.8 Å². The average Bonchev–Trinajstić information content (AvgIpc) is 3.15. The Kier molecular flexibility index (Phi) is 8.71. The first-order chi connectivity index (χ1) is 16.9. The SMILES string of the molecule is COc1cc(NC(=O)COC(=O)c2ccc(N3CCCCCC3)c([N+](=O)[O-])c2)cc(OC)c1OC. The maximum absolute atomic E-state index is 12.5. The normalized spacial score (nSPS) is 13.4. The van der Waals surface area contributed by atoms with Crippen molar-refractivity contribution in [1.82, 2.24) is 0 Å². The maximum atomic E-state index is 12.5. The molecule has 1 amide bonds. The average molecular weight is 488 g/mol. The first-order valence-electron chi connectivity index (χ1n) is 11.2. The molecule has 3 rings (SSSR count). The summed E-state index contributed by atoms with van der Waals surface area (Å²) in [6.07, 6.45) is 4.10.